The normalized spacial score (nSPS) is 27.3. The fraction of sp³-hybridized carbons (Fsp3) is 0.625. The molecular weight excluding hydrogens is 300 g/mol. The van der Waals surface area contributed by atoms with Gasteiger partial charge in [0.2, 0.25) is 0 Å². The van der Waals surface area contributed by atoms with Crippen LogP contribution in [0.25, 0.3) is 0 Å². The zero-order chi connectivity index (χ0) is 14.7. The molecule has 3 rings (SSSR count). The molecular formula is C16H24N2OS2. The molecule has 116 valence electrons. The fourth-order valence-electron chi connectivity index (χ4n) is 2.76. The highest BCUT2D eigenvalue weighted by Gasteiger charge is 2.32. The molecule has 0 spiro atoms. The molecule has 3 N–H and O–H groups in total. The number of nitrogens with two attached hydrogens (primary N) is 1. The number of benzene rings is 1. The van der Waals surface area contributed by atoms with E-state index in [0.717, 1.165) is 5.75 Å². The van der Waals surface area contributed by atoms with Crippen LogP contribution in [0.2, 0.25) is 0 Å². The van der Waals surface area contributed by atoms with Crippen molar-refractivity contribution in [2.45, 2.75) is 48.8 Å². The van der Waals surface area contributed by atoms with Crippen molar-refractivity contribution in [3.8, 4) is 5.75 Å². The lowest BCUT2D eigenvalue weighted by Gasteiger charge is -2.35. The molecule has 1 aromatic carbocycles. The lowest BCUT2D eigenvalue weighted by molar-refractivity contribution is 0.303. The number of rotatable bonds is 6. The summed E-state index contributed by atoms with van der Waals surface area (Å²) in [5, 5.41) is 1.21. The van der Waals surface area contributed by atoms with Crippen molar-refractivity contribution in [1.29, 1.82) is 0 Å². The molecule has 21 heavy (non-hydrogen) atoms. The highest BCUT2D eigenvalue weighted by Crippen LogP contribution is 2.40. The van der Waals surface area contributed by atoms with Crippen LogP contribution in [0.15, 0.2) is 24.3 Å². The lowest BCUT2D eigenvalue weighted by Crippen LogP contribution is -2.41. The molecule has 3 nitrogen and oxygen atoms in total. The Kier molecular flexibility index (Phi) is 5.38. The smallest absolute Gasteiger partial charge is 0.119 e. The molecule has 0 radical (unpaired) electrons. The van der Waals surface area contributed by atoms with Gasteiger partial charge >= 0.3 is 0 Å². The largest absolute Gasteiger partial charge is 0.490 e. The van der Waals surface area contributed by atoms with Crippen molar-refractivity contribution >= 4 is 23.5 Å². The van der Waals surface area contributed by atoms with Crippen LogP contribution in [-0.4, -0.2) is 28.1 Å². The van der Waals surface area contributed by atoms with Crippen LogP contribution in [-0.2, 0) is 0 Å². The molecule has 1 saturated carbocycles. The van der Waals surface area contributed by atoms with Crippen molar-refractivity contribution in [2.24, 2.45) is 5.84 Å². The molecule has 3 unspecified atom stereocenters. The Morgan fingerprint density at radius 1 is 1.24 bits per heavy atom. The van der Waals surface area contributed by atoms with Crippen LogP contribution < -0.4 is 16.0 Å². The molecule has 1 aliphatic heterocycles. The van der Waals surface area contributed by atoms with Crippen LogP contribution in [0.3, 0.4) is 0 Å². The first-order chi connectivity index (χ1) is 10.3. The fourth-order valence-corrected chi connectivity index (χ4v) is 5.99. The Hall–Kier alpha value is -0.360. The zero-order valence-electron chi connectivity index (χ0n) is 12.5. The van der Waals surface area contributed by atoms with E-state index >= 15 is 0 Å². The molecule has 3 atom stereocenters. The molecule has 2 fully saturated rings. The second kappa shape index (κ2) is 7.27. The molecule has 0 aromatic heterocycles. The second-order valence-electron chi connectivity index (χ2n) is 5.68. The topological polar surface area (TPSA) is 47.3 Å². The standard InChI is InChI=1S/C16H24N2OS2/c1-2-14-16(21-10-9-20-14)15(18-17)11-3-5-12(6-4-11)19-13-7-8-13/h3-6,13-16,18H,2,7-10,17H2,1H3. The molecule has 1 aromatic rings. The van der Waals surface area contributed by atoms with Crippen LogP contribution in [0.4, 0.5) is 0 Å². The summed E-state index contributed by atoms with van der Waals surface area (Å²) in [6.45, 7) is 2.27. The summed E-state index contributed by atoms with van der Waals surface area (Å²) < 4.78 is 5.82. The molecule has 1 saturated heterocycles. The maximum atomic E-state index is 5.88. The summed E-state index contributed by atoms with van der Waals surface area (Å²) in [5.41, 5.74) is 4.31. The predicted molar refractivity (Wildman–Crippen MR) is 92.9 cm³/mol. The Morgan fingerprint density at radius 2 is 1.95 bits per heavy atom. The minimum Gasteiger partial charge on any atom is -0.490 e. The van der Waals surface area contributed by atoms with Crippen LogP contribution >= 0.6 is 23.5 Å². The van der Waals surface area contributed by atoms with Gasteiger partial charge in [-0.15, -0.1) is 0 Å². The molecule has 1 aliphatic carbocycles. The van der Waals surface area contributed by atoms with Crippen LogP contribution in [0.1, 0.15) is 37.8 Å². The second-order valence-corrected chi connectivity index (χ2v) is 8.32. The van der Waals surface area contributed by atoms with Gasteiger partial charge in [0, 0.05) is 22.0 Å². The first-order valence-corrected chi connectivity index (χ1v) is 9.87. The SMILES string of the molecule is CCC1SCCSC1C(NN)c1ccc(OC2CC2)cc1. The average molecular weight is 325 g/mol. The van der Waals surface area contributed by atoms with Crippen molar-refractivity contribution in [3.63, 3.8) is 0 Å². The Bertz CT molecular complexity index is 450. The van der Waals surface area contributed by atoms with E-state index in [1.54, 1.807) is 0 Å². The summed E-state index contributed by atoms with van der Waals surface area (Å²) in [6, 6.07) is 8.70. The van der Waals surface area contributed by atoms with Gasteiger partial charge in [0.25, 0.3) is 0 Å². The van der Waals surface area contributed by atoms with Crippen molar-refractivity contribution in [3.05, 3.63) is 29.8 Å². The third-order valence-electron chi connectivity index (χ3n) is 4.07. The molecule has 1 heterocycles. The third kappa shape index (κ3) is 3.89. The molecule has 2 aliphatic rings. The van der Waals surface area contributed by atoms with E-state index in [1.165, 1.54) is 36.3 Å². The number of thioether (sulfide) groups is 2. The lowest BCUT2D eigenvalue weighted by atomic mass is 10.0. The van der Waals surface area contributed by atoms with E-state index in [2.05, 4.69) is 60.1 Å². The van der Waals surface area contributed by atoms with Gasteiger partial charge in [0.05, 0.1) is 12.1 Å². The van der Waals surface area contributed by atoms with Gasteiger partial charge in [0.1, 0.15) is 5.75 Å². The number of hydrogen-bond acceptors (Lipinski definition) is 5. The monoisotopic (exact) mass is 324 g/mol. The van der Waals surface area contributed by atoms with Gasteiger partial charge in [-0.1, -0.05) is 19.1 Å². The number of ether oxygens (including phenoxy) is 1. The van der Waals surface area contributed by atoms with E-state index in [1.807, 2.05) is 0 Å². The van der Waals surface area contributed by atoms with E-state index in [-0.39, 0.29) is 6.04 Å². The summed E-state index contributed by atoms with van der Waals surface area (Å²) in [6.07, 6.45) is 4.05. The van der Waals surface area contributed by atoms with E-state index in [0.29, 0.717) is 16.6 Å². The molecule has 5 heteroatoms. The minimum atomic E-state index is 0.211. The van der Waals surface area contributed by atoms with Gasteiger partial charge in [-0.25, -0.2) is 0 Å². The Balaban J connectivity index is 1.71. The molecule has 0 bridgehead atoms. The van der Waals surface area contributed by atoms with E-state index in [4.69, 9.17) is 10.6 Å². The summed E-state index contributed by atoms with van der Waals surface area (Å²) in [5.74, 6) is 9.33. The number of hydrogen-bond donors (Lipinski definition) is 2. The van der Waals surface area contributed by atoms with Gasteiger partial charge in [0.15, 0.2) is 0 Å². The van der Waals surface area contributed by atoms with Gasteiger partial charge in [-0.2, -0.15) is 23.5 Å². The first kappa shape index (κ1) is 15.5. The molecule has 0 amide bonds. The predicted octanol–water partition coefficient (Wildman–Crippen LogP) is 3.36. The maximum absolute atomic E-state index is 5.88. The summed E-state index contributed by atoms with van der Waals surface area (Å²) in [7, 11) is 0. The third-order valence-corrected chi connectivity index (χ3v) is 7.42. The average Bonchev–Trinajstić information content (AvgIpc) is 3.34. The number of nitrogens with one attached hydrogen (secondary N) is 1. The Labute approximate surface area is 135 Å². The van der Waals surface area contributed by atoms with Gasteiger partial charge in [-0.05, 0) is 37.0 Å². The summed E-state index contributed by atoms with van der Waals surface area (Å²) >= 11 is 4.14. The first-order valence-electron chi connectivity index (χ1n) is 7.77. The van der Waals surface area contributed by atoms with Crippen molar-refractivity contribution in [1.82, 2.24) is 5.43 Å². The van der Waals surface area contributed by atoms with Crippen molar-refractivity contribution < 1.29 is 4.74 Å². The maximum Gasteiger partial charge on any atom is 0.119 e. The van der Waals surface area contributed by atoms with Crippen LogP contribution in [0, 0.1) is 0 Å². The highest BCUT2D eigenvalue weighted by molar-refractivity contribution is 8.07. The highest BCUT2D eigenvalue weighted by atomic mass is 32.2. The number of hydrazine groups is 1. The minimum absolute atomic E-state index is 0.211. The van der Waals surface area contributed by atoms with E-state index in [9.17, 15) is 0 Å². The van der Waals surface area contributed by atoms with Crippen LogP contribution in [0.5, 0.6) is 5.75 Å². The van der Waals surface area contributed by atoms with Gasteiger partial charge < -0.3 is 4.74 Å². The zero-order valence-corrected chi connectivity index (χ0v) is 14.1. The van der Waals surface area contributed by atoms with Crippen molar-refractivity contribution in [2.75, 3.05) is 11.5 Å². The quantitative estimate of drug-likeness (QED) is 0.621. The van der Waals surface area contributed by atoms with Gasteiger partial charge in [-0.3, -0.25) is 11.3 Å². The Morgan fingerprint density at radius 3 is 2.57 bits per heavy atom. The summed E-state index contributed by atoms with van der Waals surface area (Å²) in [4.78, 5) is 0. The van der Waals surface area contributed by atoms with E-state index < -0.39 is 0 Å².